The number of carbonyl (C=O) groups excluding carboxylic acids is 1. The SMILES string of the molecule is Cc1ccc(C(C)NCCNC(=O)OC(C)(C)C)cc1F. The molecule has 1 atom stereocenters. The van der Waals surface area contributed by atoms with Gasteiger partial charge in [-0.15, -0.1) is 0 Å². The number of benzene rings is 1. The van der Waals surface area contributed by atoms with E-state index in [-0.39, 0.29) is 11.9 Å². The topological polar surface area (TPSA) is 50.4 Å². The van der Waals surface area contributed by atoms with Gasteiger partial charge in [0.15, 0.2) is 0 Å². The molecule has 0 aliphatic rings. The molecule has 2 N–H and O–H groups in total. The lowest BCUT2D eigenvalue weighted by Crippen LogP contribution is -2.36. The molecule has 0 heterocycles. The van der Waals surface area contributed by atoms with E-state index in [0.717, 1.165) is 5.56 Å². The normalized spacial score (nSPS) is 12.9. The zero-order valence-electron chi connectivity index (χ0n) is 13.4. The zero-order chi connectivity index (χ0) is 16.0. The van der Waals surface area contributed by atoms with Gasteiger partial charge in [0.25, 0.3) is 0 Å². The first-order chi connectivity index (χ1) is 9.69. The van der Waals surface area contributed by atoms with Crippen LogP contribution in [-0.2, 0) is 4.74 Å². The maximum absolute atomic E-state index is 13.5. The summed E-state index contributed by atoms with van der Waals surface area (Å²) in [5.74, 6) is -0.201. The molecule has 1 rings (SSSR count). The van der Waals surface area contributed by atoms with Gasteiger partial charge in [0.05, 0.1) is 0 Å². The van der Waals surface area contributed by atoms with Crippen LogP contribution >= 0.6 is 0 Å². The molecule has 0 saturated heterocycles. The quantitative estimate of drug-likeness (QED) is 0.820. The fourth-order valence-corrected chi connectivity index (χ4v) is 1.76. The third kappa shape index (κ3) is 6.58. The van der Waals surface area contributed by atoms with E-state index in [1.54, 1.807) is 13.0 Å². The number of ether oxygens (including phenoxy) is 1. The third-order valence-electron chi connectivity index (χ3n) is 2.94. The lowest BCUT2D eigenvalue weighted by molar-refractivity contribution is 0.0528. The van der Waals surface area contributed by atoms with Crippen molar-refractivity contribution in [1.29, 1.82) is 0 Å². The molecule has 1 amide bonds. The van der Waals surface area contributed by atoms with Gasteiger partial charge >= 0.3 is 6.09 Å². The Morgan fingerprint density at radius 3 is 2.57 bits per heavy atom. The van der Waals surface area contributed by atoms with E-state index in [1.165, 1.54) is 6.07 Å². The van der Waals surface area contributed by atoms with Crippen LogP contribution in [0.25, 0.3) is 0 Å². The predicted molar refractivity (Wildman–Crippen MR) is 81.8 cm³/mol. The Kier molecular flexibility index (Phi) is 6.15. The maximum Gasteiger partial charge on any atom is 0.407 e. The molecule has 0 fully saturated rings. The molecular weight excluding hydrogens is 271 g/mol. The molecule has 1 unspecified atom stereocenters. The van der Waals surface area contributed by atoms with Crippen LogP contribution in [0.1, 0.15) is 44.9 Å². The molecule has 0 saturated carbocycles. The van der Waals surface area contributed by atoms with Gasteiger partial charge in [-0.2, -0.15) is 0 Å². The summed E-state index contributed by atoms with van der Waals surface area (Å²) in [7, 11) is 0. The summed E-state index contributed by atoms with van der Waals surface area (Å²) in [5, 5.41) is 5.90. The Morgan fingerprint density at radius 2 is 2.00 bits per heavy atom. The molecular formula is C16H25FN2O2. The number of halogens is 1. The van der Waals surface area contributed by atoms with Crippen molar-refractivity contribution in [2.45, 2.75) is 46.3 Å². The number of hydrogen-bond acceptors (Lipinski definition) is 3. The van der Waals surface area contributed by atoms with E-state index in [4.69, 9.17) is 4.74 Å². The van der Waals surface area contributed by atoms with Crippen molar-refractivity contribution in [2.75, 3.05) is 13.1 Å². The van der Waals surface area contributed by atoms with Crippen LogP contribution in [0.5, 0.6) is 0 Å². The van der Waals surface area contributed by atoms with Gasteiger partial charge < -0.3 is 15.4 Å². The average Bonchev–Trinajstić information content (AvgIpc) is 2.35. The van der Waals surface area contributed by atoms with Crippen LogP contribution in [0.15, 0.2) is 18.2 Å². The second kappa shape index (κ2) is 7.41. The maximum atomic E-state index is 13.5. The minimum Gasteiger partial charge on any atom is -0.444 e. The average molecular weight is 296 g/mol. The van der Waals surface area contributed by atoms with E-state index < -0.39 is 11.7 Å². The molecule has 0 aliphatic heterocycles. The summed E-state index contributed by atoms with van der Waals surface area (Å²) >= 11 is 0. The minimum absolute atomic E-state index is 0.0144. The number of hydrogen-bond donors (Lipinski definition) is 2. The highest BCUT2D eigenvalue weighted by molar-refractivity contribution is 5.67. The van der Waals surface area contributed by atoms with Gasteiger partial charge in [0.1, 0.15) is 11.4 Å². The lowest BCUT2D eigenvalue weighted by atomic mass is 10.1. The number of aryl methyl sites for hydroxylation is 1. The molecule has 0 aromatic heterocycles. The molecule has 0 bridgehead atoms. The number of nitrogens with one attached hydrogen (secondary N) is 2. The molecule has 0 radical (unpaired) electrons. The van der Waals surface area contributed by atoms with Gasteiger partial charge in [0, 0.05) is 19.1 Å². The van der Waals surface area contributed by atoms with Crippen molar-refractivity contribution in [2.24, 2.45) is 0 Å². The zero-order valence-corrected chi connectivity index (χ0v) is 13.4. The summed E-state index contributed by atoms with van der Waals surface area (Å²) in [6.45, 7) is 10.2. The highest BCUT2D eigenvalue weighted by Crippen LogP contribution is 2.15. The molecule has 21 heavy (non-hydrogen) atoms. The first-order valence-electron chi connectivity index (χ1n) is 7.15. The van der Waals surface area contributed by atoms with Crippen LogP contribution in [0, 0.1) is 12.7 Å². The largest absolute Gasteiger partial charge is 0.444 e. The Bertz CT molecular complexity index is 484. The van der Waals surface area contributed by atoms with Crippen molar-refractivity contribution in [3.05, 3.63) is 35.1 Å². The molecule has 1 aromatic carbocycles. The van der Waals surface area contributed by atoms with Crippen LogP contribution in [0.3, 0.4) is 0 Å². The van der Waals surface area contributed by atoms with E-state index in [2.05, 4.69) is 10.6 Å². The number of rotatable bonds is 5. The lowest BCUT2D eigenvalue weighted by Gasteiger charge is -2.20. The van der Waals surface area contributed by atoms with Gasteiger partial charge in [-0.05, 0) is 51.8 Å². The third-order valence-corrected chi connectivity index (χ3v) is 2.94. The van der Waals surface area contributed by atoms with Gasteiger partial charge in [0.2, 0.25) is 0 Å². The highest BCUT2D eigenvalue weighted by atomic mass is 19.1. The Morgan fingerprint density at radius 1 is 1.33 bits per heavy atom. The summed E-state index contributed by atoms with van der Waals surface area (Å²) < 4.78 is 18.6. The van der Waals surface area contributed by atoms with Gasteiger partial charge in [-0.1, -0.05) is 12.1 Å². The van der Waals surface area contributed by atoms with E-state index in [9.17, 15) is 9.18 Å². The number of carbonyl (C=O) groups is 1. The van der Waals surface area contributed by atoms with Crippen molar-refractivity contribution in [3.8, 4) is 0 Å². The summed E-state index contributed by atoms with van der Waals surface area (Å²) in [5.41, 5.74) is 1.03. The van der Waals surface area contributed by atoms with Gasteiger partial charge in [-0.3, -0.25) is 0 Å². The molecule has 5 heteroatoms. The Balaban J connectivity index is 2.32. The molecule has 1 aromatic rings. The molecule has 0 spiro atoms. The summed E-state index contributed by atoms with van der Waals surface area (Å²) in [6, 6.07) is 5.22. The Hall–Kier alpha value is -1.62. The monoisotopic (exact) mass is 296 g/mol. The van der Waals surface area contributed by atoms with E-state index in [0.29, 0.717) is 18.7 Å². The van der Waals surface area contributed by atoms with Crippen molar-refractivity contribution >= 4 is 6.09 Å². The fourth-order valence-electron chi connectivity index (χ4n) is 1.76. The number of amides is 1. The van der Waals surface area contributed by atoms with Crippen LogP contribution in [0.2, 0.25) is 0 Å². The standard InChI is InChI=1S/C16H25FN2O2/c1-11-6-7-13(10-14(11)17)12(2)18-8-9-19-15(20)21-16(3,4)5/h6-7,10,12,18H,8-9H2,1-5H3,(H,19,20). The Labute approximate surface area is 126 Å². The predicted octanol–water partition coefficient (Wildman–Crippen LogP) is 3.31. The number of alkyl carbamates (subject to hydrolysis) is 1. The van der Waals surface area contributed by atoms with E-state index >= 15 is 0 Å². The fraction of sp³-hybridized carbons (Fsp3) is 0.562. The van der Waals surface area contributed by atoms with Crippen LogP contribution < -0.4 is 10.6 Å². The summed E-state index contributed by atoms with van der Waals surface area (Å²) in [4.78, 5) is 11.4. The molecule has 0 aliphatic carbocycles. The van der Waals surface area contributed by atoms with Gasteiger partial charge in [-0.25, -0.2) is 9.18 Å². The van der Waals surface area contributed by atoms with Crippen LogP contribution in [-0.4, -0.2) is 24.8 Å². The smallest absolute Gasteiger partial charge is 0.407 e. The van der Waals surface area contributed by atoms with Crippen molar-refractivity contribution in [1.82, 2.24) is 10.6 Å². The van der Waals surface area contributed by atoms with Crippen molar-refractivity contribution in [3.63, 3.8) is 0 Å². The first kappa shape index (κ1) is 17.4. The van der Waals surface area contributed by atoms with E-state index in [1.807, 2.05) is 33.8 Å². The molecule has 118 valence electrons. The second-order valence-electron chi connectivity index (χ2n) is 6.11. The minimum atomic E-state index is -0.496. The second-order valence-corrected chi connectivity index (χ2v) is 6.11. The summed E-state index contributed by atoms with van der Waals surface area (Å²) in [6.07, 6.45) is -0.432. The molecule has 4 nitrogen and oxygen atoms in total. The van der Waals surface area contributed by atoms with Crippen LogP contribution in [0.4, 0.5) is 9.18 Å². The van der Waals surface area contributed by atoms with Crippen molar-refractivity contribution < 1.29 is 13.9 Å². The highest BCUT2D eigenvalue weighted by Gasteiger charge is 2.15. The first-order valence-corrected chi connectivity index (χ1v) is 7.15.